The molecule has 0 spiro atoms. The summed E-state index contributed by atoms with van der Waals surface area (Å²) in [6.07, 6.45) is 3.40. The first kappa shape index (κ1) is 17.6. The highest BCUT2D eigenvalue weighted by molar-refractivity contribution is 5.53. The van der Waals surface area contributed by atoms with Crippen LogP contribution in [-0.2, 0) is 17.6 Å². The molecule has 5 rings (SSSR count). The number of piperazine rings is 1. The van der Waals surface area contributed by atoms with E-state index in [9.17, 15) is 0 Å². The molecule has 4 heterocycles. The Bertz CT molecular complexity index is 827. The number of nitrogens with zero attached hydrogens (tertiary/aromatic N) is 7. The number of morpholine rings is 1. The van der Waals surface area contributed by atoms with Gasteiger partial charge < -0.3 is 19.4 Å². The van der Waals surface area contributed by atoms with Crippen LogP contribution in [0.3, 0.4) is 0 Å². The molecule has 8 nitrogen and oxygen atoms in total. The molecule has 28 heavy (non-hydrogen) atoms. The highest BCUT2D eigenvalue weighted by Crippen LogP contribution is 2.29. The van der Waals surface area contributed by atoms with Crippen LogP contribution in [0.15, 0.2) is 12.1 Å². The fourth-order valence-corrected chi connectivity index (χ4v) is 4.39. The minimum atomic E-state index is 0.762. The molecule has 2 aliphatic heterocycles. The molecule has 0 atom stereocenters. The third-order valence-corrected chi connectivity index (χ3v) is 5.90. The summed E-state index contributed by atoms with van der Waals surface area (Å²) in [5.41, 5.74) is 2.63. The van der Waals surface area contributed by atoms with Crippen molar-refractivity contribution in [2.75, 3.05) is 67.2 Å². The highest BCUT2D eigenvalue weighted by Gasteiger charge is 2.26. The monoisotopic (exact) mass is 381 g/mol. The second-order valence-corrected chi connectivity index (χ2v) is 7.70. The summed E-state index contributed by atoms with van der Waals surface area (Å²) in [5, 5.41) is 8.95. The van der Waals surface area contributed by atoms with Crippen LogP contribution in [0.1, 0.15) is 23.5 Å². The molecule has 148 valence electrons. The predicted molar refractivity (Wildman–Crippen MR) is 108 cm³/mol. The van der Waals surface area contributed by atoms with E-state index in [1.807, 2.05) is 6.92 Å². The summed E-state index contributed by atoms with van der Waals surface area (Å²) in [6.45, 7) is 9.07. The number of aromatic nitrogens is 4. The van der Waals surface area contributed by atoms with Crippen LogP contribution in [0.25, 0.3) is 0 Å². The van der Waals surface area contributed by atoms with E-state index in [0.29, 0.717) is 0 Å². The third kappa shape index (κ3) is 3.37. The van der Waals surface area contributed by atoms with Crippen molar-refractivity contribution in [1.29, 1.82) is 0 Å². The lowest BCUT2D eigenvalue weighted by molar-refractivity contribution is 0.122. The van der Waals surface area contributed by atoms with E-state index in [1.54, 1.807) is 0 Å². The molecule has 3 aliphatic rings. The number of anilines is 3. The van der Waals surface area contributed by atoms with Crippen molar-refractivity contribution < 1.29 is 4.74 Å². The van der Waals surface area contributed by atoms with Crippen LogP contribution in [0, 0.1) is 6.92 Å². The van der Waals surface area contributed by atoms with E-state index >= 15 is 0 Å². The number of ether oxygens (including phenoxy) is 1. The van der Waals surface area contributed by atoms with Crippen LogP contribution in [-0.4, -0.2) is 72.6 Å². The van der Waals surface area contributed by atoms with Gasteiger partial charge in [0, 0.05) is 50.5 Å². The highest BCUT2D eigenvalue weighted by atomic mass is 16.5. The molecule has 0 amide bonds. The van der Waals surface area contributed by atoms with Crippen LogP contribution in [0.5, 0.6) is 0 Å². The summed E-state index contributed by atoms with van der Waals surface area (Å²) in [6, 6.07) is 4.18. The van der Waals surface area contributed by atoms with Gasteiger partial charge in [0.2, 0.25) is 0 Å². The molecule has 0 N–H and O–H groups in total. The van der Waals surface area contributed by atoms with E-state index < -0.39 is 0 Å². The number of aryl methyl sites for hydroxylation is 2. The zero-order valence-electron chi connectivity index (χ0n) is 16.5. The van der Waals surface area contributed by atoms with Gasteiger partial charge in [-0.25, -0.2) is 9.97 Å². The molecule has 0 radical (unpaired) electrons. The summed E-state index contributed by atoms with van der Waals surface area (Å²) in [4.78, 5) is 16.4. The van der Waals surface area contributed by atoms with E-state index in [2.05, 4.69) is 42.0 Å². The molecule has 0 bridgehead atoms. The quantitative estimate of drug-likeness (QED) is 0.786. The minimum Gasteiger partial charge on any atom is -0.378 e. The van der Waals surface area contributed by atoms with Crippen molar-refractivity contribution in [2.45, 2.75) is 26.2 Å². The van der Waals surface area contributed by atoms with Gasteiger partial charge in [-0.15, -0.1) is 10.2 Å². The molecular formula is C20H27N7O. The maximum Gasteiger partial charge on any atom is 0.151 e. The van der Waals surface area contributed by atoms with Gasteiger partial charge in [-0.3, -0.25) is 0 Å². The molecule has 2 aromatic rings. The summed E-state index contributed by atoms with van der Waals surface area (Å²) < 4.78 is 5.41. The van der Waals surface area contributed by atoms with Crippen LogP contribution >= 0.6 is 0 Å². The maximum absolute atomic E-state index is 5.41. The summed E-state index contributed by atoms with van der Waals surface area (Å²) in [5.74, 6) is 3.95. The van der Waals surface area contributed by atoms with Crippen LogP contribution in [0.4, 0.5) is 17.5 Å². The first-order valence-corrected chi connectivity index (χ1v) is 10.3. The smallest absolute Gasteiger partial charge is 0.151 e. The third-order valence-electron chi connectivity index (χ3n) is 5.90. The molecule has 2 saturated heterocycles. The molecule has 0 saturated carbocycles. The summed E-state index contributed by atoms with van der Waals surface area (Å²) in [7, 11) is 0. The van der Waals surface area contributed by atoms with Gasteiger partial charge in [0.05, 0.1) is 13.2 Å². The first-order chi connectivity index (χ1) is 13.8. The van der Waals surface area contributed by atoms with E-state index in [0.717, 1.165) is 88.6 Å². The topological polar surface area (TPSA) is 70.5 Å². The fourth-order valence-electron chi connectivity index (χ4n) is 4.39. The standard InChI is InChI=1S/C20H27N7O/c1-15-21-17-4-2-3-16(17)20(22-15)27-9-7-25(8-10-27)18-5-6-19(24-23-18)26-11-13-28-14-12-26/h5-6H,2-4,7-14H2,1H3. The van der Waals surface area contributed by atoms with Crippen molar-refractivity contribution in [2.24, 2.45) is 0 Å². The van der Waals surface area contributed by atoms with Gasteiger partial charge in [0.1, 0.15) is 11.6 Å². The number of hydrogen-bond acceptors (Lipinski definition) is 8. The van der Waals surface area contributed by atoms with Gasteiger partial charge >= 0.3 is 0 Å². The number of fused-ring (bicyclic) bond motifs is 1. The van der Waals surface area contributed by atoms with Gasteiger partial charge in [-0.2, -0.15) is 0 Å². The largest absolute Gasteiger partial charge is 0.378 e. The first-order valence-electron chi connectivity index (χ1n) is 10.3. The van der Waals surface area contributed by atoms with Crippen LogP contribution in [0.2, 0.25) is 0 Å². The normalized spacial score (nSPS) is 19.8. The maximum atomic E-state index is 5.41. The zero-order chi connectivity index (χ0) is 18.9. The Hall–Kier alpha value is -2.48. The van der Waals surface area contributed by atoms with Crippen LogP contribution < -0.4 is 14.7 Å². The Morgan fingerprint density at radius 2 is 1.43 bits per heavy atom. The van der Waals surface area contributed by atoms with Crippen molar-refractivity contribution in [3.05, 3.63) is 29.2 Å². The fraction of sp³-hybridized carbons (Fsp3) is 0.600. The lowest BCUT2D eigenvalue weighted by Crippen LogP contribution is -2.47. The number of hydrogen-bond donors (Lipinski definition) is 0. The lowest BCUT2D eigenvalue weighted by Gasteiger charge is -2.36. The molecule has 0 aromatic carbocycles. The van der Waals surface area contributed by atoms with Crippen molar-refractivity contribution in [3.63, 3.8) is 0 Å². The molecule has 8 heteroatoms. The molecule has 0 unspecified atom stereocenters. The van der Waals surface area contributed by atoms with Crippen molar-refractivity contribution in [3.8, 4) is 0 Å². The van der Waals surface area contributed by atoms with Crippen molar-refractivity contribution >= 4 is 17.5 Å². The molecule has 1 aliphatic carbocycles. The van der Waals surface area contributed by atoms with E-state index in [-0.39, 0.29) is 0 Å². The average molecular weight is 381 g/mol. The Labute approximate surface area is 165 Å². The SMILES string of the molecule is Cc1nc2c(c(N3CCN(c4ccc(N5CCOCC5)nn4)CC3)n1)CCC2. The molecule has 2 fully saturated rings. The second kappa shape index (κ2) is 7.50. The Morgan fingerprint density at radius 3 is 2.11 bits per heavy atom. The number of rotatable bonds is 3. The predicted octanol–water partition coefficient (Wildman–Crippen LogP) is 1.23. The summed E-state index contributed by atoms with van der Waals surface area (Å²) >= 11 is 0. The van der Waals surface area contributed by atoms with Crippen molar-refractivity contribution in [1.82, 2.24) is 20.2 Å². The van der Waals surface area contributed by atoms with E-state index in [1.165, 1.54) is 17.7 Å². The van der Waals surface area contributed by atoms with Gasteiger partial charge in [0.15, 0.2) is 11.6 Å². The second-order valence-electron chi connectivity index (χ2n) is 7.70. The molecule has 2 aromatic heterocycles. The molecular weight excluding hydrogens is 354 g/mol. The Kier molecular flexibility index (Phi) is 4.72. The lowest BCUT2D eigenvalue weighted by atomic mass is 10.2. The van der Waals surface area contributed by atoms with E-state index in [4.69, 9.17) is 9.72 Å². The minimum absolute atomic E-state index is 0.762. The Balaban J connectivity index is 1.25. The van der Waals surface area contributed by atoms with Gasteiger partial charge in [0.25, 0.3) is 0 Å². The van der Waals surface area contributed by atoms with Gasteiger partial charge in [-0.05, 0) is 38.3 Å². The van der Waals surface area contributed by atoms with Gasteiger partial charge in [-0.1, -0.05) is 0 Å². The average Bonchev–Trinajstić information content (AvgIpc) is 3.22. The zero-order valence-corrected chi connectivity index (χ0v) is 16.5. The Morgan fingerprint density at radius 1 is 0.786 bits per heavy atom.